The molecule has 2 aliphatic heterocycles. The number of carbonyl (C=O) groups is 2. The molecule has 1 aromatic rings. The monoisotopic (exact) mass is 384 g/mol. The molecule has 5 nitrogen and oxygen atoms in total. The first-order chi connectivity index (χ1) is 13.8. The largest absolute Gasteiger partial charge is 0.489 e. The van der Waals surface area contributed by atoms with E-state index in [2.05, 4.69) is 18.2 Å². The Hall–Kier alpha value is -1.98. The van der Waals surface area contributed by atoms with E-state index in [0.29, 0.717) is 6.42 Å². The molecule has 1 aliphatic carbocycles. The van der Waals surface area contributed by atoms with Crippen molar-refractivity contribution in [1.29, 1.82) is 0 Å². The fourth-order valence-electron chi connectivity index (χ4n) is 4.63. The van der Waals surface area contributed by atoms with Crippen molar-refractivity contribution in [2.75, 3.05) is 13.2 Å². The van der Waals surface area contributed by atoms with Gasteiger partial charge in [-0.3, -0.25) is 9.59 Å². The predicted octanol–water partition coefficient (Wildman–Crippen LogP) is 3.74. The summed E-state index contributed by atoms with van der Waals surface area (Å²) >= 11 is 0. The molecule has 0 spiro atoms. The smallest absolute Gasteiger partial charge is 0.157 e. The Balaban J connectivity index is 1.34. The molecule has 28 heavy (non-hydrogen) atoms. The Morgan fingerprint density at radius 2 is 2.14 bits per heavy atom. The molecule has 2 unspecified atom stereocenters. The maximum absolute atomic E-state index is 12.3. The van der Waals surface area contributed by atoms with Gasteiger partial charge in [-0.15, -0.1) is 0 Å². The van der Waals surface area contributed by atoms with Gasteiger partial charge in [0.1, 0.15) is 23.9 Å². The zero-order valence-corrected chi connectivity index (χ0v) is 16.2. The molecule has 1 saturated carbocycles. The summed E-state index contributed by atoms with van der Waals surface area (Å²) in [6.07, 6.45) is 10.5. The molecule has 0 radical (unpaired) electrons. The van der Waals surface area contributed by atoms with Crippen LogP contribution in [0.3, 0.4) is 0 Å². The van der Waals surface area contributed by atoms with Gasteiger partial charge in [-0.1, -0.05) is 24.3 Å². The van der Waals surface area contributed by atoms with E-state index in [1.165, 1.54) is 18.1 Å². The molecule has 4 atom stereocenters. The Kier molecular flexibility index (Phi) is 6.23. The number of allylic oxidation sites excluding steroid dienone is 2. The van der Waals surface area contributed by atoms with Crippen molar-refractivity contribution in [2.45, 2.75) is 63.3 Å². The highest BCUT2D eigenvalue weighted by atomic mass is 16.7. The number of aryl methyl sites for hydroxylation is 1. The first-order valence-electron chi connectivity index (χ1n) is 10.4. The third kappa shape index (κ3) is 4.06. The van der Waals surface area contributed by atoms with Crippen LogP contribution in [0, 0.1) is 5.92 Å². The summed E-state index contributed by atoms with van der Waals surface area (Å²) in [7, 11) is 0. The van der Waals surface area contributed by atoms with Gasteiger partial charge in [0, 0.05) is 37.0 Å². The molecule has 150 valence electrons. The quantitative estimate of drug-likeness (QED) is 0.388. The first-order valence-corrected chi connectivity index (χ1v) is 10.4. The molecule has 0 amide bonds. The summed E-state index contributed by atoms with van der Waals surface area (Å²) in [5, 5.41) is 0. The van der Waals surface area contributed by atoms with E-state index in [4.69, 9.17) is 14.2 Å². The highest BCUT2D eigenvalue weighted by Gasteiger charge is 2.48. The van der Waals surface area contributed by atoms with Gasteiger partial charge in [0.25, 0.3) is 0 Å². The number of unbranched alkanes of at least 4 members (excludes halogenated alkanes) is 1. The fourth-order valence-corrected chi connectivity index (χ4v) is 4.63. The third-order valence-corrected chi connectivity index (χ3v) is 6.00. The van der Waals surface area contributed by atoms with Gasteiger partial charge in [-0.25, -0.2) is 0 Å². The molecular weight excluding hydrogens is 356 g/mol. The van der Waals surface area contributed by atoms with Crippen LogP contribution in [0.5, 0.6) is 5.75 Å². The van der Waals surface area contributed by atoms with Crippen LogP contribution in [0.15, 0.2) is 30.4 Å². The van der Waals surface area contributed by atoms with Crippen LogP contribution in [-0.2, 0) is 25.5 Å². The Labute approximate surface area is 166 Å². The van der Waals surface area contributed by atoms with Crippen LogP contribution in [-0.4, -0.2) is 37.7 Å². The number of carbonyl (C=O) groups excluding carboxylic acids is 2. The van der Waals surface area contributed by atoms with E-state index in [0.717, 1.165) is 62.9 Å². The third-order valence-electron chi connectivity index (χ3n) is 6.00. The molecule has 0 N–H and O–H groups in total. The first kappa shape index (κ1) is 19.3. The minimum absolute atomic E-state index is 0.0219. The lowest BCUT2D eigenvalue weighted by molar-refractivity contribution is -0.162. The number of hydrogen-bond acceptors (Lipinski definition) is 5. The van der Waals surface area contributed by atoms with Gasteiger partial charge in [0.2, 0.25) is 0 Å². The standard InChI is InChI=1S/C23H28O5/c24-12-6-10-17-19(25)15-20-22(17)18-9-5-8-16(23(18)28-20)7-1-3-13-26-21-11-2-4-14-27-21/h5-6,8-10,12,17,20-22H,1-4,7,11,13-15H2/t17?,20-,21?,22-/m1/s1. The molecular formula is C23H28O5. The second-order valence-electron chi connectivity index (χ2n) is 7.86. The summed E-state index contributed by atoms with van der Waals surface area (Å²) in [4.78, 5) is 23.0. The normalized spacial score (nSPS) is 28.9. The number of rotatable bonds is 8. The zero-order valence-electron chi connectivity index (χ0n) is 16.2. The molecule has 1 aromatic carbocycles. The van der Waals surface area contributed by atoms with Crippen LogP contribution in [0.2, 0.25) is 0 Å². The van der Waals surface area contributed by atoms with E-state index in [1.54, 1.807) is 6.08 Å². The predicted molar refractivity (Wildman–Crippen MR) is 104 cm³/mol. The topological polar surface area (TPSA) is 61.8 Å². The number of para-hydroxylation sites is 1. The van der Waals surface area contributed by atoms with E-state index >= 15 is 0 Å². The minimum atomic E-state index is -0.254. The number of ketones is 1. The SMILES string of the molecule is O=CC=CC1C(=O)C[C@H]2Oc3c(CCCCOC4CCCCO4)cccc3[C@@H]12. The van der Waals surface area contributed by atoms with Gasteiger partial charge in [0.15, 0.2) is 6.29 Å². The average molecular weight is 384 g/mol. The molecule has 2 fully saturated rings. The summed E-state index contributed by atoms with van der Waals surface area (Å²) in [6.45, 7) is 1.53. The lowest BCUT2D eigenvalue weighted by Crippen LogP contribution is -2.22. The number of fused-ring (bicyclic) bond motifs is 3. The number of Topliss-reactive ketones (excluding diaryl/α,β-unsaturated/α-hetero) is 1. The number of ether oxygens (including phenoxy) is 3. The molecule has 0 bridgehead atoms. The molecule has 4 rings (SSSR count). The van der Waals surface area contributed by atoms with Gasteiger partial charge < -0.3 is 14.2 Å². The Morgan fingerprint density at radius 3 is 2.96 bits per heavy atom. The maximum Gasteiger partial charge on any atom is 0.157 e. The second kappa shape index (κ2) is 9.01. The van der Waals surface area contributed by atoms with Gasteiger partial charge in [-0.2, -0.15) is 0 Å². The minimum Gasteiger partial charge on any atom is -0.489 e. The molecule has 0 aromatic heterocycles. The van der Waals surface area contributed by atoms with Crippen molar-refractivity contribution in [3.05, 3.63) is 41.5 Å². The van der Waals surface area contributed by atoms with Crippen LogP contribution in [0.25, 0.3) is 0 Å². The zero-order chi connectivity index (χ0) is 19.3. The van der Waals surface area contributed by atoms with E-state index in [1.807, 2.05) is 0 Å². The summed E-state index contributed by atoms with van der Waals surface area (Å²) in [6, 6.07) is 6.23. The van der Waals surface area contributed by atoms with Crippen molar-refractivity contribution >= 4 is 12.1 Å². The number of hydrogen-bond donors (Lipinski definition) is 0. The Bertz CT molecular complexity index is 735. The summed E-state index contributed by atoms with van der Waals surface area (Å²) < 4.78 is 17.6. The van der Waals surface area contributed by atoms with Crippen molar-refractivity contribution in [3.63, 3.8) is 0 Å². The van der Waals surface area contributed by atoms with Crippen molar-refractivity contribution in [3.8, 4) is 5.75 Å². The molecule has 2 heterocycles. The highest BCUT2D eigenvalue weighted by molar-refractivity contribution is 5.88. The number of aldehydes is 1. The van der Waals surface area contributed by atoms with E-state index in [-0.39, 0.29) is 30.0 Å². The summed E-state index contributed by atoms with van der Waals surface area (Å²) in [5.41, 5.74) is 2.31. The second-order valence-corrected chi connectivity index (χ2v) is 7.86. The van der Waals surface area contributed by atoms with E-state index < -0.39 is 0 Å². The highest BCUT2D eigenvalue weighted by Crippen LogP contribution is 2.50. The van der Waals surface area contributed by atoms with Gasteiger partial charge in [0.05, 0.1) is 0 Å². The maximum atomic E-state index is 12.3. The van der Waals surface area contributed by atoms with Gasteiger partial charge in [-0.05, 0) is 50.2 Å². The lowest BCUT2D eigenvalue weighted by Gasteiger charge is -2.22. The van der Waals surface area contributed by atoms with Gasteiger partial charge >= 0.3 is 0 Å². The van der Waals surface area contributed by atoms with Crippen LogP contribution >= 0.6 is 0 Å². The number of benzene rings is 1. The van der Waals surface area contributed by atoms with Crippen molar-refractivity contribution < 1.29 is 23.8 Å². The van der Waals surface area contributed by atoms with Crippen molar-refractivity contribution in [2.24, 2.45) is 5.92 Å². The molecule has 1 saturated heterocycles. The van der Waals surface area contributed by atoms with Crippen LogP contribution in [0.1, 0.15) is 55.6 Å². The van der Waals surface area contributed by atoms with E-state index in [9.17, 15) is 9.59 Å². The fraction of sp³-hybridized carbons (Fsp3) is 0.565. The summed E-state index contributed by atoms with van der Waals surface area (Å²) in [5.74, 6) is 0.887. The molecule has 5 heteroatoms. The molecule has 3 aliphatic rings. The van der Waals surface area contributed by atoms with Crippen LogP contribution in [0.4, 0.5) is 0 Å². The Morgan fingerprint density at radius 1 is 1.21 bits per heavy atom. The van der Waals surface area contributed by atoms with Crippen molar-refractivity contribution in [1.82, 2.24) is 0 Å². The lowest BCUT2D eigenvalue weighted by atomic mass is 9.87. The van der Waals surface area contributed by atoms with Crippen LogP contribution < -0.4 is 4.74 Å². The average Bonchev–Trinajstić information content (AvgIpc) is 3.22.